The first kappa shape index (κ1) is 22.8. The molecule has 1 aromatic heterocycles. The number of carbonyl (C=O) groups excluding carboxylic acids is 1. The summed E-state index contributed by atoms with van der Waals surface area (Å²) in [6.07, 6.45) is 5.62. The number of furan rings is 1. The molecular weight excluding hydrogens is 386 g/mol. The summed E-state index contributed by atoms with van der Waals surface area (Å²) in [5.41, 5.74) is 7.19. The number of fused-ring (bicyclic) bond motifs is 1. The Kier molecular flexibility index (Phi) is 9.07. The molecule has 0 spiro atoms. The van der Waals surface area contributed by atoms with Crippen LogP contribution in [0.1, 0.15) is 62.6 Å². The van der Waals surface area contributed by atoms with Crippen molar-refractivity contribution in [2.24, 2.45) is 5.73 Å². The van der Waals surface area contributed by atoms with Crippen LogP contribution < -0.4 is 10.5 Å². The number of nitrogens with two attached hydrogens (primary N) is 1. The van der Waals surface area contributed by atoms with Crippen molar-refractivity contribution in [1.29, 1.82) is 0 Å². The van der Waals surface area contributed by atoms with E-state index in [1.807, 2.05) is 42.5 Å². The first-order valence-corrected chi connectivity index (χ1v) is 10.6. The van der Waals surface area contributed by atoms with Gasteiger partial charge in [-0.2, -0.15) is 0 Å². The van der Waals surface area contributed by atoms with E-state index in [2.05, 4.69) is 20.8 Å². The Morgan fingerprint density at radius 1 is 1.03 bits per heavy atom. The number of hydrogen-bond acceptors (Lipinski definition) is 3. The Hall–Kier alpha value is -2.46. The van der Waals surface area contributed by atoms with Crippen LogP contribution in [0.3, 0.4) is 0 Å². The maximum Gasteiger partial charge on any atom is 0.284 e. The monoisotopic (exact) mass is 415 g/mol. The van der Waals surface area contributed by atoms with Gasteiger partial charge in [0, 0.05) is 10.4 Å². The zero-order valence-electron chi connectivity index (χ0n) is 17.4. The van der Waals surface area contributed by atoms with Gasteiger partial charge in [0.05, 0.1) is 6.10 Å². The highest BCUT2D eigenvalue weighted by atomic mass is 35.5. The predicted molar refractivity (Wildman–Crippen MR) is 120 cm³/mol. The minimum Gasteiger partial charge on any atom is -0.490 e. The lowest BCUT2D eigenvalue weighted by Crippen LogP contribution is -2.15. The molecule has 3 rings (SSSR count). The lowest BCUT2D eigenvalue weighted by molar-refractivity contribution is 0.0976. The van der Waals surface area contributed by atoms with Crippen molar-refractivity contribution < 1.29 is 13.9 Å². The first-order valence-electron chi connectivity index (χ1n) is 10.2. The molecule has 2 aromatic carbocycles. The fourth-order valence-electron chi connectivity index (χ4n) is 3.03. The van der Waals surface area contributed by atoms with Crippen LogP contribution in [0.5, 0.6) is 5.75 Å². The molecule has 1 heterocycles. The smallest absolute Gasteiger partial charge is 0.284 e. The fourth-order valence-corrected chi connectivity index (χ4v) is 3.16. The second-order valence-corrected chi connectivity index (χ2v) is 7.41. The van der Waals surface area contributed by atoms with Crippen LogP contribution in [0.4, 0.5) is 0 Å². The Morgan fingerprint density at radius 2 is 1.69 bits per heavy atom. The van der Waals surface area contributed by atoms with Crippen LogP contribution in [-0.2, 0) is 6.42 Å². The standard InChI is InChI=1S/C16H21NO3.C8H9Cl/c1-3-5-12(6-4-2)19-13-7-8-14-11(9-13)10-15(20-14)16(17)18;1-2-7-3-5-8(9)6-4-7/h7-10,12H,3-6H2,1-2H3,(H2,17,18);3-6H,2H2,1H3. The molecule has 5 heteroatoms. The maximum atomic E-state index is 11.1. The van der Waals surface area contributed by atoms with Gasteiger partial charge in [0.25, 0.3) is 5.91 Å². The van der Waals surface area contributed by atoms with Gasteiger partial charge in [-0.3, -0.25) is 4.79 Å². The van der Waals surface area contributed by atoms with E-state index in [-0.39, 0.29) is 11.9 Å². The van der Waals surface area contributed by atoms with Crippen LogP contribution in [0.15, 0.2) is 52.9 Å². The Balaban J connectivity index is 0.000000278. The summed E-state index contributed by atoms with van der Waals surface area (Å²) in [6, 6.07) is 15.1. The van der Waals surface area contributed by atoms with E-state index in [1.165, 1.54) is 5.56 Å². The van der Waals surface area contributed by atoms with Crippen molar-refractivity contribution in [3.8, 4) is 5.75 Å². The number of ether oxygens (including phenoxy) is 1. The predicted octanol–water partition coefficient (Wildman–Crippen LogP) is 6.78. The molecule has 0 aliphatic carbocycles. The minimum atomic E-state index is -0.557. The number of rotatable bonds is 8. The minimum absolute atomic E-state index is 0.177. The molecule has 2 N–H and O–H groups in total. The normalized spacial score (nSPS) is 10.7. The van der Waals surface area contributed by atoms with E-state index in [0.717, 1.165) is 48.3 Å². The summed E-state index contributed by atoms with van der Waals surface area (Å²) in [5.74, 6) is 0.426. The molecule has 0 saturated heterocycles. The summed E-state index contributed by atoms with van der Waals surface area (Å²) < 4.78 is 11.4. The Bertz CT molecular complexity index is 896. The topological polar surface area (TPSA) is 65.5 Å². The van der Waals surface area contributed by atoms with E-state index in [1.54, 1.807) is 6.07 Å². The molecule has 0 aliphatic heterocycles. The highest BCUT2D eigenvalue weighted by molar-refractivity contribution is 6.30. The van der Waals surface area contributed by atoms with Crippen molar-refractivity contribution >= 4 is 28.5 Å². The third kappa shape index (κ3) is 7.13. The Morgan fingerprint density at radius 3 is 2.24 bits per heavy atom. The van der Waals surface area contributed by atoms with Gasteiger partial charge in [0.2, 0.25) is 0 Å². The average molecular weight is 416 g/mol. The van der Waals surface area contributed by atoms with E-state index in [4.69, 9.17) is 26.5 Å². The molecule has 1 amide bonds. The summed E-state index contributed by atoms with van der Waals surface area (Å²) >= 11 is 5.67. The molecule has 29 heavy (non-hydrogen) atoms. The molecular formula is C24H30ClNO3. The number of aryl methyl sites for hydroxylation is 1. The van der Waals surface area contributed by atoms with Crippen LogP contribution >= 0.6 is 11.6 Å². The number of amides is 1. The van der Waals surface area contributed by atoms with Gasteiger partial charge in [-0.05, 0) is 61.2 Å². The van der Waals surface area contributed by atoms with Gasteiger partial charge in [-0.1, -0.05) is 57.3 Å². The average Bonchev–Trinajstić information content (AvgIpc) is 3.13. The molecule has 4 nitrogen and oxygen atoms in total. The van der Waals surface area contributed by atoms with Crippen LogP contribution in [0.25, 0.3) is 11.0 Å². The third-order valence-electron chi connectivity index (χ3n) is 4.58. The van der Waals surface area contributed by atoms with Gasteiger partial charge >= 0.3 is 0 Å². The number of primary amides is 1. The maximum absolute atomic E-state index is 11.1. The molecule has 0 unspecified atom stereocenters. The van der Waals surface area contributed by atoms with Gasteiger partial charge in [0.1, 0.15) is 11.3 Å². The number of benzene rings is 2. The summed E-state index contributed by atoms with van der Waals surface area (Å²) in [6.45, 7) is 6.44. The SMILES string of the molecule is CCCC(CCC)Oc1ccc2oc(C(N)=O)cc2c1.CCc1ccc(Cl)cc1. The van der Waals surface area contributed by atoms with Crippen LogP contribution in [0, 0.1) is 0 Å². The highest BCUT2D eigenvalue weighted by Crippen LogP contribution is 2.26. The van der Waals surface area contributed by atoms with Crippen LogP contribution in [0.2, 0.25) is 5.02 Å². The summed E-state index contributed by atoms with van der Waals surface area (Å²) in [7, 11) is 0. The number of hydrogen-bond donors (Lipinski definition) is 1. The fraction of sp³-hybridized carbons (Fsp3) is 0.375. The highest BCUT2D eigenvalue weighted by Gasteiger charge is 2.12. The quantitative estimate of drug-likeness (QED) is 0.440. The largest absolute Gasteiger partial charge is 0.490 e. The molecule has 0 saturated carbocycles. The van der Waals surface area contributed by atoms with Gasteiger partial charge in [0.15, 0.2) is 5.76 Å². The second kappa shape index (κ2) is 11.5. The van der Waals surface area contributed by atoms with Gasteiger partial charge in [-0.15, -0.1) is 0 Å². The van der Waals surface area contributed by atoms with Crippen LogP contribution in [-0.4, -0.2) is 12.0 Å². The molecule has 3 aromatic rings. The zero-order chi connectivity index (χ0) is 21.2. The second-order valence-electron chi connectivity index (χ2n) is 6.97. The van der Waals surface area contributed by atoms with Gasteiger partial charge in [-0.25, -0.2) is 0 Å². The first-order chi connectivity index (χ1) is 14.0. The lowest BCUT2D eigenvalue weighted by Gasteiger charge is -2.17. The number of halogens is 1. The molecule has 156 valence electrons. The van der Waals surface area contributed by atoms with Crippen molar-refractivity contribution in [1.82, 2.24) is 0 Å². The molecule has 0 bridgehead atoms. The zero-order valence-corrected chi connectivity index (χ0v) is 18.2. The van der Waals surface area contributed by atoms with E-state index >= 15 is 0 Å². The number of carbonyl (C=O) groups is 1. The molecule has 0 aliphatic rings. The molecule has 0 fully saturated rings. The van der Waals surface area contributed by atoms with Crippen molar-refractivity contribution in [3.05, 3.63) is 64.9 Å². The van der Waals surface area contributed by atoms with Crippen molar-refractivity contribution in [3.63, 3.8) is 0 Å². The molecule has 0 atom stereocenters. The lowest BCUT2D eigenvalue weighted by atomic mass is 10.1. The molecule has 0 radical (unpaired) electrons. The third-order valence-corrected chi connectivity index (χ3v) is 4.83. The summed E-state index contributed by atoms with van der Waals surface area (Å²) in [5, 5.41) is 1.65. The van der Waals surface area contributed by atoms with Gasteiger partial charge < -0.3 is 14.9 Å². The van der Waals surface area contributed by atoms with E-state index in [9.17, 15) is 4.79 Å². The summed E-state index contributed by atoms with van der Waals surface area (Å²) in [4.78, 5) is 11.1. The van der Waals surface area contributed by atoms with E-state index in [0.29, 0.717) is 5.58 Å². The Labute approximate surface area is 178 Å². The van der Waals surface area contributed by atoms with E-state index < -0.39 is 5.91 Å². The van der Waals surface area contributed by atoms with Crippen molar-refractivity contribution in [2.75, 3.05) is 0 Å². The van der Waals surface area contributed by atoms with Crippen molar-refractivity contribution in [2.45, 2.75) is 59.0 Å².